The standard InChI is InChI=1S/C21H33N5OS/c1-17(2)26-20(22-23-21(26)28-14-12-24-9-3-4-10-24)18-7-5-11-25(15-18)16-19-8-6-13-27-19/h6,8,13,17-18H,3-5,7,9-12,14-16H2,1-2H3. The number of hydrogen-bond acceptors (Lipinski definition) is 6. The number of piperidine rings is 1. The predicted molar refractivity (Wildman–Crippen MR) is 113 cm³/mol. The Balaban J connectivity index is 1.40. The molecule has 1 unspecified atom stereocenters. The first-order valence-electron chi connectivity index (χ1n) is 10.8. The molecule has 6 nitrogen and oxygen atoms in total. The van der Waals surface area contributed by atoms with Crippen LogP contribution >= 0.6 is 11.8 Å². The van der Waals surface area contributed by atoms with Crippen molar-refractivity contribution in [2.24, 2.45) is 0 Å². The normalized spacial score (nSPS) is 21.8. The Kier molecular flexibility index (Phi) is 6.75. The lowest BCUT2D eigenvalue weighted by atomic mass is 9.97. The zero-order valence-electron chi connectivity index (χ0n) is 17.2. The largest absolute Gasteiger partial charge is 0.468 e. The molecule has 2 saturated heterocycles. The van der Waals surface area contributed by atoms with Gasteiger partial charge in [0.1, 0.15) is 11.6 Å². The maximum atomic E-state index is 5.55. The van der Waals surface area contributed by atoms with Gasteiger partial charge in [0.15, 0.2) is 5.16 Å². The van der Waals surface area contributed by atoms with E-state index in [4.69, 9.17) is 4.42 Å². The van der Waals surface area contributed by atoms with E-state index in [1.54, 1.807) is 6.26 Å². The van der Waals surface area contributed by atoms with E-state index in [1.165, 1.54) is 44.6 Å². The van der Waals surface area contributed by atoms with E-state index >= 15 is 0 Å². The lowest BCUT2D eigenvalue weighted by Crippen LogP contribution is -2.35. The van der Waals surface area contributed by atoms with Gasteiger partial charge in [0, 0.05) is 30.8 Å². The van der Waals surface area contributed by atoms with Gasteiger partial charge in [-0.15, -0.1) is 10.2 Å². The van der Waals surface area contributed by atoms with Crippen molar-refractivity contribution >= 4 is 11.8 Å². The van der Waals surface area contributed by atoms with Crippen molar-refractivity contribution in [2.45, 2.75) is 63.2 Å². The molecule has 2 aliphatic heterocycles. The zero-order valence-corrected chi connectivity index (χ0v) is 18.0. The summed E-state index contributed by atoms with van der Waals surface area (Å²) in [6.07, 6.45) is 6.86. The fourth-order valence-electron chi connectivity index (χ4n) is 4.46. The van der Waals surface area contributed by atoms with Crippen LogP contribution < -0.4 is 0 Å². The van der Waals surface area contributed by atoms with Crippen LogP contribution in [0.15, 0.2) is 28.0 Å². The first-order valence-corrected chi connectivity index (χ1v) is 11.7. The molecule has 0 saturated carbocycles. The predicted octanol–water partition coefficient (Wildman–Crippen LogP) is 4.02. The molecule has 0 spiro atoms. The molecule has 154 valence electrons. The molecular weight excluding hydrogens is 370 g/mol. The average molecular weight is 404 g/mol. The third kappa shape index (κ3) is 4.81. The number of hydrogen-bond donors (Lipinski definition) is 0. The highest BCUT2D eigenvalue weighted by Gasteiger charge is 2.28. The maximum absolute atomic E-state index is 5.55. The minimum atomic E-state index is 0.389. The van der Waals surface area contributed by atoms with E-state index in [1.807, 2.05) is 17.8 Å². The van der Waals surface area contributed by atoms with Gasteiger partial charge in [-0.25, -0.2) is 0 Å². The fraction of sp³-hybridized carbons (Fsp3) is 0.714. The number of rotatable bonds is 8. The van der Waals surface area contributed by atoms with Gasteiger partial charge in [-0.3, -0.25) is 4.90 Å². The highest BCUT2D eigenvalue weighted by Crippen LogP contribution is 2.31. The number of nitrogens with zero attached hydrogens (tertiary/aromatic N) is 5. The van der Waals surface area contributed by atoms with Crippen molar-refractivity contribution in [1.29, 1.82) is 0 Å². The highest BCUT2D eigenvalue weighted by atomic mass is 32.2. The van der Waals surface area contributed by atoms with Crippen molar-refractivity contribution in [3.8, 4) is 0 Å². The molecule has 7 heteroatoms. The zero-order chi connectivity index (χ0) is 19.3. The quantitative estimate of drug-likeness (QED) is 0.621. The topological polar surface area (TPSA) is 50.3 Å². The summed E-state index contributed by atoms with van der Waals surface area (Å²) in [6, 6.07) is 4.42. The van der Waals surface area contributed by atoms with Crippen LogP contribution in [0.2, 0.25) is 0 Å². The summed E-state index contributed by atoms with van der Waals surface area (Å²) in [5.74, 6) is 3.76. The average Bonchev–Trinajstić information content (AvgIpc) is 3.44. The highest BCUT2D eigenvalue weighted by molar-refractivity contribution is 7.99. The second-order valence-electron chi connectivity index (χ2n) is 8.36. The van der Waals surface area contributed by atoms with Crippen LogP contribution in [0.5, 0.6) is 0 Å². The summed E-state index contributed by atoms with van der Waals surface area (Å²) >= 11 is 1.87. The van der Waals surface area contributed by atoms with E-state index in [-0.39, 0.29) is 0 Å². The molecule has 0 amide bonds. The molecule has 4 rings (SSSR count). The molecule has 2 aliphatic rings. The second kappa shape index (κ2) is 9.46. The first kappa shape index (κ1) is 20.0. The summed E-state index contributed by atoms with van der Waals surface area (Å²) in [5, 5.41) is 10.4. The molecule has 0 aliphatic carbocycles. The molecule has 4 heterocycles. The Morgan fingerprint density at radius 3 is 2.71 bits per heavy atom. The molecule has 1 atom stereocenters. The van der Waals surface area contributed by atoms with E-state index in [9.17, 15) is 0 Å². The third-order valence-corrected chi connectivity index (χ3v) is 6.80. The SMILES string of the molecule is CC(C)n1c(SCCN2CCCC2)nnc1C1CCCN(Cc2ccco2)C1. The van der Waals surface area contributed by atoms with Crippen LogP contribution in [-0.2, 0) is 6.54 Å². The number of aromatic nitrogens is 3. The van der Waals surface area contributed by atoms with Gasteiger partial charge < -0.3 is 13.9 Å². The molecule has 0 radical (unpaired) electrons. The van der Waals surface area contributed by atoms with E-state index < -0.39 is 0 Å². The van der Waals surface area contributed by atoms with E-state index in [0.717, 1.165) is 42.8 Å². The first-order chi connectivity index (χ1) is 13.7. The second-order valence-corrected chi connectivity index (χ2v) is 9.42. The summed E-state index contributed by atoms with van der Waals surface area (Å²) in [7, 11) is 0. The van der Waals surface area contributed by atoms with Crippen LogP contribution in [0.3, 0.4) is 0 Å². The minimum absolute atomic E-state index is 0.389. The van der Waals surface area contributed by atoms with E-state index in [0.29, 0.717) is 12.0 Å². The maximum Gasteiger partial charge on any atom is 0.191 e. The molecule has 2 aromatic heterocycles. The molecule has 2 aromatic rings. The Labute approximate surface area is 172 Å². The number of furan rings is 1. The molecular formula is C21H33N5OS. The van der Waals surface area contributed by atoms with Gasteiger partial charge in [-0.05, 0) is 71.3 Å². The molecule has 0 N–H and O–H groups in total. The summed E-state index contributed by atoms with van der Waals surface area (Å²) in [4.78, 5) is 5.06. The Morgan fingerprint density at radius 2 is 1.96 bits per heavy atom. The smallest absolute Gasteiger partial charge is 0.191 e. The van der Waals surface area contributed by atoms with Gasteiger partial charge in [-0.2, -0.15) is 0 Å². The van der Waals surface area contributed by atoms with Crippen molar-refractivity contribution in [2.75, 3.05) is 38.5 Å². The Morgan fingerprint density at radius 1 is 1.14 bits per heavy atom. The van der Waals surface area contributed by atoms with Crippen LogP contribution in [-0.4, -0.2) is 63.0 Å². The van der Waals surface area contributed by atoms with Gasteiger partial charge in [-0.1, -0.05) is 11.8 Å². The summed E-state index contributed by atoms with van der Waals surface area (Å²) in [6.45, 7) is 11.2. The molecule has 0 bridgehead atoms. The van der Waals surface area contributed by atoms with Gasteiger partial charge in [0.25, 0.3) is 0 Å². The van der Waals surface area contributed by atoms with E-state index in [2.05, 4.69) is 44.5 Å². The molecule has 0 aromatic carbocycles. The van der Waals surface area contributed by atoms with Crippen LogP contribution in [0.25, 0.3) is 0 Å². The monoisotopic (exact) mass is 403 g/mol. The number of likely N-dealkylation sites (tertiary alicyclic amines) is 2. The molecule has 28 heavy (non-hydrogen) atoms. The van der Waals surface area contributed by atoms with Crippen LogP contribution in [0.4, 0.5) is 0 Å². The summed E-state index contributed by atoms with van der Waals surface area (Å²) in [5.41, 5.74) is 0. The van der Waals surface area contributed by atoms with Crippen molar-refractivity contribution in [1.82, 2.24) is 24.6 Å². The molecule has 2 fully saturated rings. The van der Waals surface area contributed by atoms with Crippen molar-refractivity contribution in [3.05, 3.63) is 30.0 Å². The third-order valence-electron chi connectivity index (χ3n) is 5.87. The number of thioether (sulfide) groups is 1. The minimum Gasteiger partial charge on any atom is -0.468 e. The lowest BCUT2D eigenvalue weighted by molar-refractivity contribution is 0.181. The van der Waals surface area contributed by atoms with Crippen LogP contribution in [0.1, 0.15) is 63.1 Å². The van der Waals surface area contributed by atoms with Crippen molar-refractivity contribution < 1.29 is 4.42 Å². The lowest BCUT2D eigenvalue weighted by Gasteiger charge is -2.32. The summed E-state index contributed by atoms with van der Waals surface area (Å²) < 4.78 is 7.93. The van der Waals surface area contributed by atoms with Crippen molar-refractivity contribution in [3.63, 3.8) is 0 Å². The Hall–Kier alpha value is -1.31. The fourth-order valence-corrected chi connectivity index (χ4v) is 5.53. The van der Waals surface area contributed by atoms with Gasteiger partial charge in [0.05, 0.1) is 12.8 Å². The Bertz CT molecular complexity index is 723. The van der Waals surface area contributed by atoms with Crippen LogP contribution in [0, 0.1) is 0 Å². The van der Waals surface area contributed by atoms with Gasteiger partial charge in [0.2, 0.25) is 0 Å². The van der Waals surface area contributed by atoms with Gasteiger partial charge >= 0.3 is 0 Å².